The summed E-state index contributed by atoms with van der Waals surface area (Å²) in [6, 6.07) is 20.7. The molecule has 33 heavy (non-hydrogen) atoms. The second-order valence-electron chi connectivity index (χ2n) is 7.08. The Labute approximate surface area is 191 Å². The summed E-state index contributed by atoms with van der Waals surface area (Å²) in [7, 11) is 0. The molecule has 0 aliphatic carbocycles. The molecule has 5 nitrogen and oxygen atoms in total. The van der Waals surface area contributed by atoms with E-state index in [1.54, 1.807) is 60.7 Å². The monoisotopic (exact) mass is 472 g/mol. The number of carboxylic acids is 1. The van der Waals surface area contributed by atoms with Gasteiger partial charge in [0.25, 0.3) is 0 Å². The second kappa shape index (κ2) is 8.99. The summed E-state index contributed by atoms with van der Waals surface area (Å²) >= 11 is 6.16. The molecule has 168 valence electrons. The summed E-state index contributed by atoms with van der Waals surface area (Å²) in [5.74, 6) is -0.559. The molecule has 9 heteroatoms. The van der Waals surface area contributed by atoms with E-state index in [2.05, 4.69) is 5.10 Å². The number of para-hydroxylation sites is 1. The van der Waals surface area contributed by atoms with Crippen molar-refractivity contribution >= 4 is 17.6 Å². The standard InChI is InChI=1S/C24H16ClF3N2O3/c25-20-3-1-2-4-21(20)30-18(13-22(29-30)24(26,27)28)14-33-19-11-9-16(10-12-19)15-5-7-17(8-6-15)23(31)32/h1-13H,14H2,(H,31,32). The molecule has 1 N–H and O–H groups in total. The first-order valence-electron chi connectivity index (χ1n) is 9.70. The summed E-state index contributed by atoms with van der Waals surface area (Å²) in [5.41, 5.74) is 1.29. The minimum atomic E-state index is -4.61. The van der Waals surface area contributed by atoms with E-state index in [-0.39, 0.29) is 22.9 Å². The van der Waals surface area contributed by atoms with Crippen LogP contribution in [0, 0.1) is 0 Å². The van der Waals surface area contributed by atoms with Crippen LogP contribution >= 0.6 is 11.6 Å². The molecular formula is C24H16ClF3N2O3. The Morgan fingerprint density at radius 1 is 0.970 bits per heavy atom. The summed E-state index contributed by atoms with van der Waals surface area (Å²) < 4.78 is 46.6. The van der Waals surface area contributed by atoms with Gasteiger partial charge in [-0.2, -0.15) is 18.3 Å². The first kappa shape index (κ1) is 22.4. The Kier molecular flexibility index (Phi) is 6.11. The lowest BCUT2D eigenvalue weighted by Gasteiger charge is -2.11. The highest BCUT2D eigenvalue weighted by Crippen LogP contribution is 2.31. The molecule has 0 aliphatic rings. The van der Waals surface area contributed by atoms with Gasteiger partial charge >= 0.3 is 12.1 Å². The molecule has 0 saturated heterocycles. The Balaban J connectivity index is 1.55. The zero-order valence-electron chi connectivity index (χ0n) is 16.9. The van der Waals surface area contributed by atoms with Crippen LogP contribution in [0.25, 0.3) is 16.8 Å². The van der Waals surface area contributed by atoms with Crippen LogP contribution < -0.4 is 4.74 Å². The highest BCUT2D eigenvalue weighted by atomic mass is 35.5. The average Bonchev–Trinajstić information content (AvgIpc) is 3.23. The maximum atomic E-state index is 13.3. The van der Waals surface area contributed by atoms with Crippen LogP contribution in [0.1, 0.15) is 21.7 Å². The van der Waals surface area contributed by atoms with Crippen molar-refractivity contribution in [3.63, 3.8) is 0 Å². The number of halogens is 4. The minimum Gasteiger partial charge on any atom is -0.487 e. The van der Waals surface area contributed by atoms with E-state index in [1.165, 1.54) is 12.1 Å². The highest BCUT2D eigenvalue weighted by molar-refractivity contribution is 6.32. The lowest BCUT2D eigenvalue weighted by molar-refractivity contribution is -0.141. The fraction of sp³-hybridized carbons (Fsp3) is 0.0833. The molecule has 1 heterocycles. The molecule has 4 aromatic rings. The third kappa shape index (κ3) is 5.01. The van der Waals surface area contributed by atoms with Gasteiger partial charge in [0.15, 0.2) is 5.69 Å². The van der Waals surface area contributed by atoms with Gasteiger partial charge in [0.2, 0.25) is 0 Å². The lowest BCUT2D eigenvalue weighted by Crippen LogP contribution is -2.08. The normalized spacial score (nSPS) is 11.4. The van der Waals surface area contributed by atoms with Gasteiger partial charge in [-0.15, -0.1) is 0 Å². The molecule has 0 amide bonds. The summed E-state index contributed by atoms with van der Waals surface area (Å²) in [6.45, 7) is -0.166. The molecule has 0 fully saturated rings. The largest absolute Gasteiger partial charge is 0.487 e. The Morgan fingerprint density at radius 3 is 2.15 bits per heavy atom. The number of benzene rings is 3. The number of ether oxygens (including phenoxy) is 1. The second-order valence-corrected chi connectivity index (χ2v) is 7.48. The van der Waals surface area contributed by atoms with Crippen LogP contribution in [0.15, 0.2) is 78.9 Å². The van der Waals surface area contributed by atoms with E-state index in [0.717, 1.165) is 21.9 Å². The fourth-order valence-electron chi connectivity index (χ4n) is 3.20. The van der Waals surface area contributed by atoms with E-state index < -0.39 is 17.8 Å². The summed E-state index contributed by atoms with van der Waals surface area (Å²) in [5, 5.41) is 12.9. The maximum absolute atomic E-state index is 13.3. The Hall–Kier alpha value is -3.78. The molecule has 4 rings (SSSR count). The van der Waals surface area contributed by atoms with Crippen LogP contribution in [-0.4, -0.2) is 20.9 Å². The van der Waals surface area contributed by atoms with E-state index in [9.17, 15) is 18.0 Å². The van der Waals surface area contributed by atoms with E-state index in [0.29, 0.717) is 11.4 Å². The van der Waals surface area contributed by atoms with E-state index >= 15 is 0 Å². The number of carboxylic acid groups (broad SMARTS) is 1. The first-order valence-corrected chi connectivity index (χ1v) is 10.1. The van der Waals surface area contributed by atoms with Crippen molar-refractivity contribution in [1.82, 2.24) is 9.78 Å². The van der Waals surface area contributed by atoms with Gasteiger partial charge in [0.05, 0.1) is 22.0 Å². The van der Waals surface area contributed by atoms with Crippen LogP contribution in [0.2, 0.25) is 5.02 Å². The Bertz CT molecular complexity index is 1280. The quantitative estimate of drug-likeness (QED) is 0.348. The van der Waals surface area contributed by atoms with Crippen molar-refractivity contribution in [2.45, 2.75) is 12.8 Å². The number of nitrogens with zero attached hydrogens (tertiary/aromatic N) is 2. The molecule has 0 aliphatic heterocycles. The molecule has 0 atom stereocenters. The highest BCUT2D eigenvalue weighted by Gasteiger charge is 2.35. The van der Waals surface area contributed by atoms with Crippen molar-refractivity contribution in [3.05, 3.63) is 101 Å². The Morgan fingerprint density at radius 2 is 1.58 bits per heavy atom. The van der Waals surface area contributed by atoms with Crippen molar-refractivity contribution in [3.8, 4) is 22.6 Å². The van der Waals surface area contributed by atoms with Gasteiger partial charge in [0, 0.05) is 0 Å². The number of aromatic nitrogens is 2. The van der Waals surface area contributed by atoms with Gasteiger partial charge < -0.3 is 9.84 Å². The number of carbonyl (C=O) groups is 1. The third-order valence-electron chi connectivity index (χ3n) is 4.86. The maximum Gasteiger partial charge on any atom is 0.435 e. The molecule has 0 spiro atoms. The zero-order valence-corrected chi connectivity index (χ0v) is 17.6. The van der Waals surface area contributed by atoms with Gasteiger partial charge in [-0.05, 0) is 53.6 Å². The molecular weight excluding hydrogens is 457 g/mol. The van der Waals surface area contributed by atoms with E-state index in [4.69, 9.17) is 21.4 Å². The molecule has 0 unspecified atom stereocenters. The predicted molar refractivity (Wildman–Crippen MR) is 117 cm³/mol. The van der Waals surface area contributed by atoms with Crippen LogP contribution in [0.4, 0.5) is 13.2 Å². The molecule has 3 aromatic carbocycles. The third-order valence-corrected chi connectivity index (χ3v) is 5.18. The molecule has 1 aromatic heterocycles. The molecule has 0 bridgehead atoms. The van der Waals surface area contributed by atoms with Gasteiger partial charge in [-0.25, -0.2) is 9.48 Å². The first-order chi connectivity index (χ1) is 15.7. The van der Waals surface area contributed by atoms with Gasteiger partial charge in [-0.3, -0.25) is 0 Å². The SMILES string of the molecule is O=C(O)c1ccc(-c2ccc(OCc3cc(C(F)(F)F)nn3-c3ccccc3Cl)cc2)cc1. The smallest absolute Gasteiger partial charge is 0.435 e. The predicted octanol–water partition coefficient (Wildman–Crippen LogP) is 6.49. The number of rotatable bonds is 6. The summed E-state index contributed by atoms with van der Waals surface area (Å²) in [6.07, 6.45) is -4.61. The van der Waals surface area contributed by atoms with Crippen molar-refractivity contribution in [2.75, 3.05) is 0 Å². The number of hydrogen-bond acceptors (Lipinski definition) is 3. The molecule has 0 saturated carbocycles. The van der Waals surface area contributed by atoms with Crippen molar-refractivity contribution in [1.29, 1.82) is 0 Å². The minimum absolute atomic E-state index is 0.166. The number of aromatic carboxylic acids is 1. The van der Waals surface area contributed by atoms with Crippen LogP contribution in [0.5, 0.6) is 5.75 Å². The van der Waals surface area contributed by atoms with Crippen molar-refractivity contribution < 1.29 is 27.8 Å². The number of alkyl halides is 3. The van der Waals surface area contributed by atoms with E-state index in [1.807, 2.05) is 0 Å². The molecule has 0 radical (unpaired) electrons. The summed E-state index contributed by atoms with van der Waals surface area (Å²) in [4.78, 5) is 11.0. The fourth-order valence-corrected chi connectivity index (χ4v) is 3.42. The van der Waals surface area contributed by atoms with Gasteiger partial charge in [0.1, 0.15) is 12.4 Å². The number of hydrogen-bond donors (Lipinski definition) is 1. The topological polar surface area (TPSA) is 64.3 Å². The zero-order chi connectivity index (χ0) is 23.6. The van der Waals surface area contributed by atoms with Gasteiger partial charge in [-0.1, -0.05) is 48.0 Å². The average molecular weight is 473 g/mol. The van der Waals surface area contributed by atoms with Crippen LogP contribution in [-0.2, 0) is 12.8 Å². The lowest BCUT2D eigenvalue weighted by atomic mass is 10.0. The van der Waals surface area contributed by atoms with Crippen molar-refractivity contribution in [2.24, 2.45) is 0 Å². The van der Waals surface area contributed by atoms with Crippen LogP contribution in [0.3, 0.4) is 0 Å².